The van der Waals surface area contributed by atoms with Gasteiger partial charge in [-0.2, -0.15) is 0 Å². The first-order valence-electron chi connectivity index (χ1n) is 12.5. The van der Waals surface area contributed by atoms with Gasteiger partial charge in [-0.25, -0.2) is 0 Å². The summed E-state index contributed by atoms with van der Waals surface area (Å²) < 4.78 is 11.9. The van der Waals surface area contributed by atoms with E-state index in [0.29, 0.717) is 41.3 Å². The van der Waals surface area contributed by atoms with Crippen LogP contribution in [0.2, 0.25) is 0 Å². The summed E-state index contributed by atoms with van der Waals surface area (Å²) in [7, 11) is 0. The molecular weight excluding hydrogens is 452 g/mol. The number of aryl methyl sites for hydroxylation is 1. The molecule has 0 saturated carbocycles. The molecule has 6 heteroatoms. The van der Waals surface area contributed by atoms with Crippen molar-refractivity contribution in [2.75, 3.05) is 32.8 Å². The Balaban J connectivity index is 1.34. The third-order valence-corrected chi connectivity index (χ3v) is 6.82. The highest BCUT2D eigenvalue weighted by atomic mass is 16.5. The number of Topliss-reactive ketones (excluding diaryl/α,β-unsaturated/α-hetero) is 1. The number of carbonyl (C=O) groups is 1. The number of piperazine rings is 1. The first-order valence-corrected chi connectivity index (χ1v) is 12.5. The topological polar surface area (TPSA) is 62.2 Å². The van der Waals surface area contributed by atoms with Crippen molar-refractivity contribution >= 4 is 11.9 Å². The normalized spacial score (nSPS) is 17.3. The first-order chi connectivity index (χ1) is 17.5. The largest absolute Gasteiger partial charge is 0.507 e. The monoisotopic (exact) mass is 484 g/mol. The molecule has 5 rings (SSSR count). The van der Waals surface area contributed by atoms with Crippen LogP contribution in [0.5, 0.6) is 17.2 Å². The molecule has 3 aromatic carbocycles. The second kappa shape index (κ2) is 10.6. The number of nitrogens with zero attached hydrogens (tertiary/aromatic N) is 2. The van der Waals surface area contributed by atoms with Crippen LogP contribution in [0.1, 0.15) is 39.5 Å². The molecule has 186 valence electrons. The van der Waals surface area contributed by atoms with Crippen molar-refractivity contribution in [1.29, 1.82) is 0 Å². The van der Waals surface area contributed by atoms with E-state index in [-0.39, 0.29) is 17.3 Å². The van der Waals surface area contributed by atoms with Gasteiger partial charge in [-0.3, -0.25) is 14.6 Å². The van der Waals surface area contributed by atoms with E-state index in [1.165, 1.54) is 5.56 Å². The average molecular weight is 485 g/mol. The Bertz CT molecular complexity index is 1280. The van der Waals surface area contributed by atoms with Crippen molar-refractivity contribution in [3.63, 3.8) is 0 Å². The average Bonchev–Trinajstić information content (AvgIpc) is 3.21. The van der Waals surface area contributed by atoms with E-state index in [2.05, 4.69) is 34.1 Å². The van der Waals surface area contributed by atoms with Gasteiger partial charge >= 0.3 is 0 Å². The lowest BCUT2D eigenvalue weighted by molar-refractivity contribution is 0.101. The van der Waals surface area contributed by atoms with Crippen molar-refractivity contribution in [3.05, 3.63) is 94.2 Å². The number of fused-ring (bicyclic) bond motifs is 1. The SMILES string of the molecule is CCOc1ccccc1/C=C1\Oc2c(CN3CCN(Cc4ccccc4)CC3)c(O)cc(C)c2C1=O. The molecule has 0 radical (unpaired) electrons. The fraction of sp³-hybridized carbons (Fsp3) is 0.300. The van der Waals surface area contributed by atoms with Gasteiger partial charge in [0, 0.05) is 44.8 Å². The molecule has 1 fully saturated rings. The van der Waals surface area contributed by atoms with Crippen LogP contribution in [0, 0.1) is 6.92 Å². The smallest absolute Gasteiger partial charge is 0.232 e. The van der Waals surface area contributed by atoms with Crippen LogP contribution >= 0.6 is 0 Å². The highest BCUT2D eigenvalue weighted by Crippen LogP contribution is 2.42. The number of ketones is 1. The maximum atomic E-state index is 13.3. The maximum absolute atomic E-state index is 13.3. The molecule has 36 heavy (non-hydrogen) atoms. The molecule has 2 aliphatic heterocycles. The van der Waals surface area contributed by atoms with E-state index in [1.54, 1.807) is 12.1 Å². The minimum Gasteiger partial charge on any atom is -0.507 e. The number of benzene rings is 3. The lowest BCUT2D eigenvalue weighted by atomic mass is 9.99. The molecule has 1 N–H and O–H groups in total. The van der Waals surface area contributed by atoms with E-state index in [4.69, 9.17) is 9.47 Å². The number of aromatic hydroxyl groups is 1. The zero-order valence-electron chi connectivity index (χ0n) is 20.9. The fourth-order valence-corrected chi connectivity index (χ4v) is 4.93. The van der Waals surface area contributed by atoms with Crippen LogP contribution in [-0.4, -0.2) is 53.5 Å². The predicted octanol–water partition coefficient (Wildman–Crippen LogP) is 5.03. The van der Waals surface area contributed by atoms with Crippen molar-refractivity contribution in [3.8, 4) is 17.2 Å². The van der Waals surface area contributed by atoms with Crippen molar-refractivity contribution < 1.29 is 19.4 Å². The van der Waals surface area contributed by atoms with Gasteiger partial charge in [0.1, 0.15) is 17.2 Å². The molecule has 1 saturated heterocycles. The van der Waals surface area contributed by atoms with E-state index >= 15 is 0 Å². The van der Waals surface area contributed by atoms with Crippen LogP contribution in [0.3, 0.4) is 0 Å². The molecule has 2 heterocycles. The molecule has 0 spiro atoms. The minimum atomic E-state index is -0.164. The van der Waals surface area contributed by atoms with Crippen LogP contribution in [0.15, 0.2) is 66.4 Å². The Morgan fingerprint density at radius 3 is 2.36 bits per heavy atom. The van der Waals surface area contributed by atoms with Crippen molar-refractivity contribution in [1.82, 2.24) is 9.80 Å². The van der Waals surface area contributed by atoms with E-state index in [9.17, 15) is 9.90 Å². The van der Waals surface area contributed by atoms with Crippen molar-refractivity contribution in [2.45, 2.75) is 26.9 Å². The first kappa shape index (κ1) is 24.1. The van der Waals surface area contributed by atoms with Gasteiger partial charge < -0.3 is 14.6 Å². The molecule has 0 aliphatic carbocycles. The molecule has 2 aliphatic rings. The Kier molecular flexibility index (Phi) is 7.07. The molecule has 3 aromatic rings. The molecule has 6 nitrogen and oxygen atoms in total. The quantitative estimate of drug-likeness (QED) is 0.475. The van der Waals surface area contributed by atoms with Gasteiger partial charge in [-0.15, -0.1) is 0 Å². The van der Waals surface area contributed by atoms with Crippen molar-refractivity contribution in [2.24, 2.45) is 0 Å². The number of allylic oxidation sites excluding steroid dienone is 1. The molecular formula is C30H32N2O4. The molecule has 0 atom stereocenters. The Labute approximate surface area is 212 Å². The van der Waals surface area contributed by atoms with Gasteiger partial charge in [-0.1, -0.05) is 48.5 Å². The number of para-hydroxylation sites is 1. The molecule has 0 bridgehead atoms. The second-order valence-electron chi connectivity index (χ2n) is 9.34. The summed E-state index contributed by atoms with van der Waals surface area (Å²) in [5, 5.41) is 10.8. The van der Waals surface area contributed by atoms with Gasteiger partial charge in [0.15, 0.2) is 5.76 Å². The van der Waals surface area contributed by atoms with Gasteiger partial charge in [-0.05, 0) is 43.2 Å². The summed E-state index contributed by atoms with van der Waals surface area (Å²) in [6.45, 7) is 9.43. The Hall–Kier alpha value is -3.61. The maximum Gasteiger partial charge on any atom is 0.232 e. The summed E-state index contributed by atoms with van der Waals surface area (Å²) in [6, 6.07) is 19.8. The Morgan fingerprint density at radius 1 is 0.972 bits per heavy atom. The lowest BCUT2D eigenvalue weighted by Crippen LogP contribution is -2.45. The van der Waals surface area contributed by atoms with Crippen LogP contribution in [0.4, 0.5) is 0 Å². The fourth-order valence-electron chi connectivity index (χ4n) is 4.93. The lowest BCUT2D eigenvalue weighted by Gasteiger charge is -2.35. The summed E-state index contributed by atoms with van der Waals surface area (Å²) in [5.74, 6) is 1.43. The van der Waals surface area contributed by atoms with Gasteiger partial charge in [0.25, 0.3) is 0 Å². The molecule has 0 amide bonds. The molecule has 0 aromatic heterocycles. The third-order valence-electron chi connectivity index (χ3n) is 6.82. The standard InChI is InChI=1S/C30H32N2O4/c1-3-35-26-12-8-7-11-23(26)18-27-29(34)28-21(2)17-25(33)24(30(28)36-27)20-32-15-13-31(14-16-32)19-22-9-5-4-6-10-22/h4-12,17-18,33H,3,13-16,19-20H2,1-2H3/b27-18-. The summed E-state index contributed by atoms with van der Waals surface area (Å²) in [5.41, 5.74) is 4.02. The number of rotatable bonds is 7. The van der Waals surface area contributed by atoms with Gasteiger partial charge in [0.05, 0.1) is 17.7 Å². The van der Waals surface area contributed by atoms with Crippen LogP contribution in [-0.2, 0) is 13.1 Å². The van der Waals surface area contributed by atoms with Crippen LogP contribution in [0.25, 0.3) is 6.08 Å². The minimum absolute atomic E-state index is 0.164. The summed E-state index contributed by atoms with van der Waals surface area (Å²) >= 11 is 0. The number of phenols is 1. The van der Waals surface area contributed by atoms with E-state index in [1.807, 2.05) is 44.2 Å². The number of hydrogen-bond donors (Lipinski definition) is 1. The number of phenolic OH excluding ortho intramolecular Hbond substituents is 1. The van der Waals surface area contributed by atoms with E-state index < -0.39 is 0 Å². The number of ether oxygens (including phenoxy) is 2. The highest BCUT2D eigenvalue weighted by molar-refractivity contribution is 6.16. The van der Waals surface area contributed by atoms with Gasteiger partial charge in [0.2, 0.25) is 5.78 Å². The predicted molar refractivity (Wildman–Crippen MR) is 140 cm³/mol. The third kappa shape index (κ3) is 5.01. The molecule has 0 unspecified atom stereocenters. The zero-order valence-corrected chi connectivity index (χ0v) is 20.9. The zero-order chi connectivity index (χ0) is 25.1. The number of carbonyl (C=O) groups excluding carboxylic acids is 1. The van der Waals surface area contributed by atoms with Crippen LogP contribution < -0.4 is 9.47 Å². The van der Waals surface area contributed by atoms with E-state index in [0.717, 1.165) is 38.3 Å². The summed E-state index contributed by atoms with van der Waals surface area (Å²) in [4.78, 5) is 18.1. The second-order valence-corrected chi connectivity index (χ2v) is 9.34. The Morgan fingerprint density at radius 2 is 1.64 bits per heavy atom. The summed E-state index contributed by atoms with van der Waals surface area (Å²) in [6.07, 6.45) is 1.73. The number of hydrogen-bond acceptors (Lipinski definition) is 6. The highest BCUT2D eigenvalue weighted by Gasteiger charge is 2.34.